The second-order valence-electron chi connectivity index (χ2n) is 1.97. The molecule has 0 aliphatic rings. The molecule has 0 spiro atoms. The van der Waals surface area contributed by atoms with Gasteiger partial charge in [0.1, 0.15) is 0 Å². The van der Waals surface area contributed by atoms with Crippen LogP contribution in [-0.4, -0.2) is 30.2 Å². The van der Waals surface area contributed by atoms with Crippen molar-refractivity contribution in [3.05, 3.63) is 0 Å². The van der Waals surface area contributed by atoms with E-state index in [1.54, 1.807) is 0 Å². The first kappa shape index (κ1) is 10.2. The van der Waals surface area contributed by atoms with Gasteiger partial charge in [-0.2, -0.15) is 12.6 Å². The zero-order valence-electron chi connectivity index (χ0n) is 5.91. The van der Waals surface area contributed by atoms with Crippen molar-refractivity contribution in [2.45, 2.75) is 6.04 Å². The smallest absolute Gasteiger partial charge is 0.238 e. The number of carbonyl (C=O) groups is 2. The van der Waals surface area contributed by atoms with E-state index in [0.29, 0.717) is 0 Å². The molecule has 0 bridgehead atoms. The summed E-state index contributed by atoms with van der Waals surface area (Å²) in [6.07, 6.45) is 0. The highest BCUT2D eigenvalue weighted by Gasteiger charge is 2.10. The fourth-order valence-electron chi connectivity index (χ4n) is 0.388. The normalized spacial score (nSPS) is 12.2. The van der Waals surface area contributed by atoms with Crippen LogP contribution in [0.25, 0.3) is 0 Å². The Morgan fingerprint density at radius 3 is 2.45 bits per heavy atom. The molecule has 1 atom stereocenters. The summed E-state index contributed by atoms with van der Waals surface area (Å²) < 4.78 is 0. The summed E-state index contributed by atoms with van der Waals surface area (Å²) in [4.78, 5) is 20.9. The van der Waals surface area contributed by atoms with Gasteiger partial charge in [-0.05, 0) is 0 Å². The molecule has 0 aromatic rings. The second-order valence-corrected chi connectivity index (χ2v) is 2.34. The summed E-state index contributed by atoms with van der Waals surface area (Å²) >= 11 is 3.80. The van der Waals surface area contributed by atoms with E-state index in [9.17, 15) is 9.59 Å². The number of hydrogen-bond donors (Lipinski definition) is 4. The highest BCUT2D eigenvalue weighted by molar-refractivity contribution is 7.80. The molecule has 11 heavy (non-hydrogen) atoms. The van der Waals surface area contributed by atoms with E-state index in [2.05, 4.69) is 17.9 Å². The van der Waals surface area contributed by atoms with Crippen LogP contribution in [0.5, 0.6) is 0 Å². The summed E-state index contributed by atoms with van der Waals surface area (Å²) in [5.41, 5.74) is 10.0. The first-order valence-electron chi connectivity index (χ1n) is 3.00. The lowest BCUT2D eigenvalue weighted by atomic mass is 10.3. The number of carbonyl (C=O) groups excluding carboxylic acids is 2. The third kappa shape index (κ3) is 4.63. The molecular formula is C5H11N3O2S. The maximum atomic E-state index is 10.8. The van der Waals surface area contributed by atoms with E-state index in [4.69, 9.17) is 11.5 Å². The summed E-state index contributed by atoms with van der Waals surface area (Å²) in [7, 11) is 0. The predicted molar refractivity (Wildman–Crippen MR) is 44.0 cm³/mol. The summed E-state index contributed by atoms with van der Waals surface area (Å²) in [5, 5.41) is 2.25. The van der Waals surface area contributed by atoms with Crippen molar-refractivity contribution in [3.63, 3.8) is 0 Å². The molecule has 64 valence electrons. The molecule has 0 aromatic carbocycles. The second kappa shape index (κ2) is 4.97. The molecule has 5 N–H and O–H groups in total. The highest BCUT2D eigenvalue weighted by Crippen LogP contribution is 1.81. The van der Waals surface area contributed by atoms with Crippen LogP contribution >= 0.6 is 12.6 Å². The van der Waals surface area contributed by atoms with Gasteiger partial charge in [-0.25, -0.2) is 0 Å². The SMILES string of the molecule is NC(=O)CNC(=O)C(N)CS. The molecule has 6 heteroatoms. The average molecular weight is 177 g/mol. The molecule has 0 fully saturated rings. The number of nitrogens with two attached hydrogens (primary N) is 2. The molecule has 2 amide bonds. The molecule has 0 saturated carbocycles. The Balaban J connectivity index is 3.60. The first-order chi connectivity index (χ1) is 5.07. The minimum Gasteiger partial charge on any atom is -0.368 e. The van der Waals surface area contributed by atoms with Crippen molar-refractivity contribution >= 4 is 24.4 Å². The molecule has 1 unspecified atom stereocenters. The van der Waals surface area contributed by atoms with Gasteiger partial charge in [0.25, 0.3) is 0 Å². The van der Waals surface area contributed by atoms with Gasteiger partial charge in [-0.15, -0.1) is 0 Å². The Bertz CT molecular complexity index is 162. The topological polar surface area (TPSA) is 98.2 Å². The van der Waals surface area contributed by atoms with Gasteiger partial charge in [0.15, 0.2) is 0 Å². The van der Waals surface area contributed by atoms with Gasteiger partial charge in [-0.1, -0.05) is 0 Å². The standard InChI is InChI=1S/C5H11N3O2S/c6-3(2-11)5(10)8-1-4(7)9/h3,11H,1-2,6H2,(H2,7,9)(H,8,10). The predicted octanol–water partition coefficient (Wildman–Crippen LogP) is -2.15. The zero-order valence-corrected chi connectivity index (χ0v) is 6.80. The number of rotatable bonds is 4. The molecule has 0 heterocycles. The summed E-state index contributed by atoms with van der Waals surface area (Å²) in [5.74, 6) is -0.770. The Kier molecular flexibility index (Phi) is 4.64. The lowest BCUT2D eigenvalue weighted by Crippen LogP contribution is -2.44. The van der Waals surface area contributed by atoms with Crippen LogP contribution < -0.4 is 16.8 Å². The molecule has 0 rings (SSSR count). The largest absolute Gasteiger partial charge is 0.368 e. The quantitative estimate of drug-likeness (QED) is 0.368. The van der Waals surface area contributed by atoms with E-state index < -0.39 is 17.9 Å². The van der Waals surface area contributed by atoms with Gasteiger partial charge in [0, 0.05) is 5.75 Å². The number of primary amides is 1. The number of hydrogen-bond acceptors (Lipinski definition) is 4. The van der Waals surface area contributed by atoms with Crippen LogP contribution in [0.1, 0.15) is 0 Å². The maximum Gasteiger partial charge on any atom is 0.238 e. The molecule has 0 aliphatic carbocycles. The monoisotopic (exact) mass is 177 g/mol. The highest BCUT2D eigenvalue weighted by atomic mass is 32.1. The van der Waals surface area contributed by atoms with Crippen LogP contribution in [0.15, 0.2) is 0 Å². The fourth-order valence-corrected chi connectivity index (χ4v) is 0.554. The third-order valence-corrected chi connectivity index (χ3v) is 1.36. The van der Waals surface area contributed by atoms with Crippen LogP contribution in [0.3, 0.4) is 0 Å². The fraction of sp³-hybridized carbons (Fsp3) is 0.600. The van der Waals surface area contributed by atoms with Gasteiger partial charge in [-0.3, -0.25) is 9.59 Å². The van der Waals surface area contributed by atoms with Crippen LogP contribution in [-0.2, 0) is 9.59 Å². The van der Waals surface area contributed by atoms with Crippen molar-refractivity contribution in [3.8, 4) is 0 Å². The van der Waals surface area contributed by atoms with E-state index in [0.717, 1.165) is 0 Å². The Morgan fingerprint density at radius 2 is 2.09 bits per heavy atom. The Morgan fingerprint density at radius 1 is 1.55 bits per heavy atom. The first-order valence-corrected chi connectivity index (χ1v) is 3.63. The van der Waals surface area contributed by atoms with E-state index in [1.807, 2.05) is 0 Å². The van der Waals surface area contributed by atoms with Gasteiger partial charge in [0.05, 0.1) is 12.6 Å². The lowest BCUT2D eigenvalue weighted by Gasteiger charge is -2.06. The van der Waals surface area contributed by atoms with Crippen LogP contribution in [0, 0.1) is 0 Å². The average Bonchev–Trinajstić information content (AvgIpc) is 1.98. The zero-order chi connectivity index (χ0) is 8.85. The number of amides is 2. The Labute approximate surface area is 69.9 Å². The minimum atomic E-state index is -0.683. The molecule has 0 saturated heterocycles. The number of thiol groups is 1. The van der Waals surface area contributed by atoms with Gasteiger partial charge < -0.3 is 16.8 Å². The molecular weight excluding hydrogens is 166 g/mol. The minimum absolute atomic E-state index is 0.180. The van der Waals surface area contributed by atoms with Crippen molar-refractivity contribution in [2.75, 3.05) is 12.3 Å². The Hall–Kier alpha value is -0.750. The van der Waals surface area contributed by atoms with Crippen LogP contribution in [0.2, 0.25) is 0 Å². The lowest BCUT2D eigenvalue weighted by molar-refractivity contribution is -0.125. The molecule has 0 aromatic heterocycles. The van der Waals surface area contributed by atoms with Crippen molar-refractivity contribution in [2.24, 2.45) is 11.5 Å². The molecule has 0 radical (unpaired) electrons. The van der Waals surface area contributed by atoms with Gasteiger partial charge >= 0.3 is 0 Å². The van der Waals surface area contributed by atoms with Crippen molar-refractivity contribution in [1.82, 2.24) is 5.32 Å². The third-order valence-electron chi connectivity index (χ3n) is 0.970. The van der Waals surface area contributed by atoms with Crippen molar-refractivity contribution in [1.29, 1.82) is 0 Å². The van der Waals surface area contributed by atoms with E-state index in [1.165, 1.54) is 0 Å². The van der Waals surface area contributed by atoms with Gasteiger partial charge in [0.2, 0.25) is 11.8 Å². The van der Waals surface area contributed by atoms with E-state index in [-0.39, 0.29) is 12.3 Å². The maximum absolute atomic E-state index is 10.8. The number of nitrogens with one attached hydrogen (secondary N) is 1. The molecule has 5 nitrogen and oxygen atoms in total. The van der Waals surface area contributed by atoms with E-state index >= 15 is 0 Å². The summed E-state index contributed by atoms with van der Waals surface area (Å²) in [6, 6.07) is -0.683. The van der Waals surface area contributed by atoms with Crippen LogP contribution in [0.4, 0.5) is 0 Å². The van der Waals surface area contributed by atoms with Crippen molar-refractivity contribution < 1.29 is 9.59 Å². The summed E-state index contributed by atoms with van der Waals surface area (Å²) in [6.45, 7) is -0.180. The molecule has 0 aliphatic heterocycles.